The number of rotatable bonds is 7. The van der Waals surface area contributed by atoms with Gasteiger partial charge in [0, 0.05) is 19.0 Å². The van der Waals surface area contributed by atoms with Crippen LogP contribution in [0.3, 0.4) is 0 Å². The second-order valence-electron chi connectivity index (χ2n) is 4.66. The van der Waals surface area contributed by atoms with Crippen LogP contribution in [0.5, 0.6) is 0 Å². The van der Waals surface area contributed by atoms with Crippen molar-refractivity contribution in [1.29, 1.82) is 0 Å². The summed E-state index contributed by atoms with van der Waals surface area (Å²) in [6.07, 6.45) is 0.370. The molecular weight excluding hydrogens is 248 g/mol. The largest absolute Gasteiger partial charge is 0.475 e. The standard InChI is InChI=1S/C13H20N2O4/c1-8(2)15-12(16)6-7-14-9(3)10-4-5-11(19-10)13(17)18/h4-5,8-9,14H,6-7H2,1-3H3,(H,15,16)(H,17,18). The molecule has 1 atom stereocenters. The molecule has 0 saturated carbocycles. The molecule has 1 rings (SSSR count). The van der Waals surface area contributed by atoms with E-state index in [1.807, 2.05) is 20.8 Å². The normalized spacial score (nSPS) is 12.4. The lowest BCUT2D eigenvalue weighted by Crippen LogP contribution is -2.33. The zero-order valence-electron chi connectivity index (χ0n) is 11.4. The highest BCUT2D eigenvalue weighted by Gasteiger charge is 2.14. The molecule has 6 nitrogen and oxygen atoms in total. The van der Waals surface area contributed by atoms with Crippen LogP contribution < -0.4 is 10.6 Å². The van der Waals surface area contributed by atoms with E-state index in [0.717, 1.165) is 0 Å². The highest BCUT2D eigenvalue weighted by molar-refractivity contribution is 5.84. The molecule has 6 heteroatoms. The summed E-state index contributed by atoms with van der Waals surface area (Å²) in [5, 5.41) is 14.6. The predicted octanol–water partition coefficient (Wildman–Crippen LogP) is 1.54. The van der Waals surface area contributed by atoms with Gasteiger partial charge in [0.15, 0.2) is 0 Å². The van der Waals surface area contributed by atoms with Gasteiger partial charge in [-0.3, -0.25) is 4.79 Å². The first-order valence-corrected chi connectivity index (χ1v) is 6.26. The Balaban J connectivity index is 2.36. The molecule has 1 heterocycles. The Labute approximate surface area is 112 Å². The van der Waals surface area contributed by atoms with E-state index in [-0.39, 0.29) is 23.8 Å². The van der Waals surface area contributed by atoms with Gasteiger partial charge in [-0.05, 0) is 32.9 Å². The SMILES string of the molecule is CC(C)NC(=O)CCNC(C)c1ccc(C(=O)O)o1. The van der Waals surface area contributed by atoms with Crippen LogP contribution in [0, 0.1) is 0 Å². The lowest BCUT2D eigenvalue weighted by atomic mass is 10.2. The molecule has 0 spiro atoms. The summed E-state index contributed by atoms with van der Waals surface area (Å²) in [5.41, 5.74) is 0. The van der Waals surface area contributed by atoms with Gasteiger partial charge in [-0.1, -0.05) is 0 Å². The Kier molecular flexibility index (Phi) is 5.57. The van der Waals surface area contributed by atoms with Gasteiger partial charge in [-0.2, -0.15) is 0 Å². The second kappa shape index (κ2) is 6.94. The first-order chi connectivity index (χ1) is 8.90. The van der Waals surface area contributed by atoms with Crippen LogP contribution in [0.1, 0.15) is 49.5 Å². The van der Waals surface area contributed by atoms with Crippen LogP contribution >= 0.6 is 0 Å². The van der Waals surface area contributed by atoms with E-state index in [1.54, 1.807) is 6.07 Å². The minimum absolute atomic E-state index is 0.0135. The Morgan fingerprint density at radius 2 is 2.00 bits per heavy atom. The summed E-state index contributed by atoms with van der Waals surface area (Å²) in [4.78, 5) is 22.1. The molecule has 1 aromatic heterocycles. The van der Waals surface area contributed by atoms with Crippen molar-refractivity contribution in [2.45, 2.75) is 39.3 Å². The highest BCUT2D eigenvalue weighted by Crippen LogP contribution is 2.16. The van der Waals surface area contributed by atoms with Gasteiger partial charge in [0.25, 0.3) is 0 Å². The van der Waals surface area contributed by atoms with Crippen molar-refractivity contribution in [3.8, 4) is 0 Å². The second-order valence-corrected chi connectivity index (χ2v) is 4.66. The minimum atomic E-state index is -1.09. The van der Waals surface area contributed by atoms with Crippen molar-refractivity contribution < 1.29 is 19.1 Å². The van der Waals surface area contributed by atoms with Crippen LogP contribution in [0.15, 0.2) is 16.5 Å². The summed E-state index contributed by atoms with van der Waals surface area (Å²) < 4.78 is 5.17. The lowest BCUT2D eigenvalue weighted by molar-refractivity contribution is -0.121. The Morgan fingerprint density at radius 3 is 2.53 bits per heavy atom. The molecule has 0 saturated heterocycles. The zero-order valence-corrected chi connectivity index (χ0v) is 11.4. The average molecular weight is 268 g/mol. The molecule has 106 valence electrons. The Morgan fingerprint density at radius 1 is 1.32 bits per heavy atom. The van der Waals surface area contributed by atoms with Crippen molar-refractivity contribution >= 4 is 11.9 Å². The van der Waals surface area contributed by atoms with Crippen molar-refractivity contribution in [2.24, 2.45) is 0 Å². The third kappa shape index (κ3) is 5.13. The monoisotopic (exact) mass is 268 g/mol. The van der Waals surface area contributed by atoms with E-state index in [4.69, 9.17) is 9.52 Å². The number of amides is 1. The van der Waals surface area contributed by atoms with Gasteiger partial charge in [-0.15, -0.1) is 0 Å². The van der Waals surface area contributed by atoms with Crippen molar-refractivity contribution in [3.05, 3.63) is 23.7 Å². The maximum atomic E-state index is 11.4. The van der Waals surface area contributed by atoms with Crippen molar-refractivity contribution in [3.63, 3.8) is 0 Å². The molecule has 1 unspecified atom stereocenters. The van der Waals surface area contributed by atoms with Gasteiger partial charge in [-0.25, -0.2) is 4.79 Å². The number of aromatic carboxylic acids is 1. The average Bonchev–Trinajstić information content (AvgIpc) is 2.76. The Hall–Kier alpha value is -1.82. The number of hydrogen-bond donors (Lipinski definition) is 3. The molecular formula is C13H20N2O4. The molecule has 19 heavy (non-hydrogen) atoms. The van der Waals surface area contributed by atoms with Gasteiger partial charge < -0.3 is 20.2 Å². The zero-order chi connectivity index (χ0) is 14.4. The maximum absolute atomic E-state index is 11.4. The molecule has 1 aromatic rings. The van der Waals surface area contributed by atoms with Gasteiger partial charge in [0.1, 0.15) is 5.76 Å². The van der Waals surface area contributed by atoms with Crippen LogP contribution in [0.2, 0.25) is 0 Å². The summed E-state index contributed by atoms with van der Waals surface area (Å²) in [6, 6.07) is 3.03. The fourth-order valence-electron chi connectivity index (χ4n) is 1.60. The van der Waals surface area contributed by atoms with Crippen molar-refractivity contribution in [1.82, 2.24) is 10.6 Å². The fourth-order valence-corrected chi connectivity index (χ4v) is 1.60. The van der Waals surface area contributed by atoms with E-state index >= 15 is 0 Å². The third-order valence-electron chi connectivity index (χ3n) is 2.52. The number of carbonyl (C=O) groups excluding carboxylic acids is 1. The Bertz CT molecular complexity index is 440. The van der Waals surface area contributed by atoms with Crippen LogP contribution in [0.4, 0.5) is 0 Å². The molecule has 0 aromatic carbocycles. The molecule has 3 N–H and O–H groups in total. The number of hydrogen-bond acceptors (Lipinski definition) is 4. The van der Waals surface area contributed by atoms with Crippen LogP contribution in [0.25, 0.3) is 0 Å². The summed E-state index contributed by atoms with van der Waals surface area (Å²) in [5.74, 6) is -0.641. The fraction of sp³-hybridized carbons (Fsp3) is 0.538. The molecule has 0 bridgehead atoms. The number of furan rings is 1. The smallest absolute Gasteiger partial charge is 0.371 e. The molecule has 0 aliphatic heterocycles. The number of carboxylic acid groups (broad SMARTS) is 1. The van der Waals surface area contributed by atoms with Gasteiger partial charge >= 0.3 is 5.97 Å². The number of carbonyl (C=O) groups is 2. The molecule has 0 fully saturated rings. The van der Waals surface area contributed by atoms with Gasteiger partial charge in [0.05, 0.1) is 6.04 Å². The summed E-state index contributed by atoms with van der Waals surface area (Å²) >= 11 is 0. The first-order valence-electron chi connectivity index (χ1n) is 6.26. The molecule has 0 radical (unpaired) electrons. The lowest BCUT2D eigenvalue weighted by Gasteiger charge is -2.12. The maximum Gasteiger partial charge on any atom is 0.371 e. The molecule has 1 amide bonds. The highest BCUT2D eigenvalue weighted by atomic mass is 16.4. The number of nitrogens with one attached hydrogen (secondary N) is 2. The van der Waals surface area contributed by atoms with E-state index in [1.165, 1.54) is 6.07 Å². The minimum Gasteiger partial charge on any atom is -0.475 e. The van der Waals surface area contributed by atoms with E-state index in [2.05, 4.69) is 10.6 Å². The molecule has 0 aliphatic rings. The number of carboxylic acids is 1. The van der Waals surface area contributed by atoms with Gasteiger partial charge in [0.2, 0.25) is 11.7 Å². The van der Waals surface area contributed by atoms with Crippen LogP contribution in [-0.4, -0.2) is 29.6 Å². The summed E-state index contributed by atoms with van der Waals surface area (Å²) in [7, 11) is 0. The third-order valence-corrected chi connectivity index (χ3v) is 2.52. The van der Waals surface area contributed by atoms with Crippen molar-refractivity contribution in [2.75, 3.05) is 6.54 Å². The topological polar surface area (TPSA) is 91.6 Å². The van der Waals surface area contributed by atoms with Crippen LogP contribution in [-0.2, 0) is 4.79 Å². The predicted molar refractivity (Wildman–Crippen MR) is 70.0 cm³/mol. The van der Waals surface area contributed by atoms with E-state index in [9.17, 15) is 9.59 Å². The quantitative estimate of drug-likeness (QED) is 0.697. The van der Waals surface area contributed by atoms with E-state index in [0.29, 0.717) is 18.7 Å². The molecule has 0 aliphatic carbocycles. The first kappa shape index (κ1) is 15.2. The van der Waals surface area contributed by atoms with E-state index < -0.39 is 5.97 Å². The summed E-state index contributed by atoms with van der Waals surface area (Å²) in [6.45, 7) is 6.17.